The molecule has 1 saturated heterocycles. The Morgan fingerprint density at radius 1 is 1.37 bits per heavy atom. The van der Waals surface area contributed by atoms with Gasteiger partial charge in [0.05, 0.1) is 12.7 Å². The molecule has 19 heavy (non-hydrogen) atoms. The van der Waals surface area contributed by atoms with E-state index in [-0.39, 0.29) is 6.10 Å². The molecule has 1 aromatic rings. The standard InChI is InChI=1S/C16H25NO2/c1-3-19-16(13-8-5-4-6-9-13)15(17-2)14-10-7-11-18-12-14/h4-6,8-9,14-17H,3,7,10-12H2,1-2H3. The summed E-state index contributed by atoms with van der Waals surface area (Å²) in [5.41, 5.74) is 1.24. The monoisotopic (exact) mass is 263 g/mol. The van der Waals surface area contributed by atoms with E-state index >= 15 is 0 Å². The van der Waals surface area contributed by atoms with E-state index in [4.69, 9.17) is 9.47 Å². The van der Waals surface area contributed by atoms with Crippen LogP contribution in [0.25, 0.3) is 0 Å². The number of benzene rings is 1. The Bertz CT molecular complexity index is 349. The second-order valence-corrected chi connectivity index (χ2v) is 5.08. The van der Waals surface area contributed by atoms with E-state index in [1.165, 1.54) is 12.0 Å². The molecule has 1 aliphatic rings. The zero-order valence-corrected chi connectivity index (χ0v) is 12.0. The lowest BCUT2D eigenvalue weighted by Crippen LogP contribution is -2.43. The van der Waals surface area contributed by atoms with E-state index in [2.05, 4.69) is 36.5 Å². The molecule has 0 amide bonds. The van der Waals surface area contributed by atoms with Gasteiger partial charge in [-0.15, -0.1) is 0 Å². The van der Waals surface area contributed by atoms with Crippen LogP contribution in [0.15, 0.2) is 30.3 Å². The lowest BCUT2D eigenvalue weighted by atomic mass is 9.87. The average Bonchev–Trinajstić information content (AvgIpc) is 2.49. The Morgan fingerprint density at radius 3 is 2.74 bits per heavy atom. The largest absolute Gasteiger partial charge is 0.381 e. The molecular weight excluding hydrogens is 238 g/mol. The molecule has 1 N–H and O–H groups in total. The van der Waals surface area contributed by atoms with Gasteiger partial charge in [0.15, 0.2) is 0 Å². The Labute approximate surface area is 116 Å². The van der Waals surface area contributed by atoms with E-state index in [1.54, 1.807) is 0 Å². The van der Waals surface area contributed by atoms with E-state index < -0.39 is 0 Å². The summed E-state index contributed by atoms with van der Waals surface area (Å²) in [5.74, 6) is 0.524. The summed E-state index contributed by atoms with van der Waals surface area (Å²) in [6, 6.07) is 10.8. The molecule has 1 aliphatic heterocycles. The molecule has 0 spiro atoms. The van der Waals surface area contributed by atoms with Crippen LogP contribution in [0.5, 0.6) is 0 Å². The molecule has 3 heteroatoms. The highest BCUT2D eigenvalue weighted by Crippen LogP contribution is 2.29. The molecule has 0 aliphatic carbocycles. The van der Waals surface area contributed by atoms with Gasteiger partial charge in [-0.05, 0) is 32.4 Å². The van der Waals surface area contributed by atoms with Crippen LogP contribution in [0, 0.1) is 5.92 Å². The minimum Gasteiger partial charge on any atom is -0.381 e. The van der Waals surface area contributed by atoms with Crippen molar-refractivity contribution < 1.29 is 9.47 Å². The number of rotatable bonds is 6. The van der Waals surface area contributed by atoms with Crippen LogP contribution >= 0.6 is 0 Å². The van der Waals surface area contributed by atoms with Gasteiger partial charge in [-0.1, -0.05) is 30.3 Å². The molecule has 1 fully saturated rings. The van der Waals surface area contributed by atoms with Gasteiger partial charge in [0, 0.05) is 25.2 Å². The van der Waals surface area contributed by atoms with Gasteiger partial charge in [0.25, 0.3) is 0 Å². The van der Waals surface area contributed by atoms with Crippen LogP contribution in [0.4, 0.5) is 0 Å². The van der Waals surface area contributed by atoms with Crippen LogP contribution in [0.1, 0.15) is 31.4 Å². The highest BCUT2D eigenvalue weighted by atomic mass is 16.5. The fraction of sp³-hybridized carbons (Fsp3) is 0.625. The number of hydrogen-bond acceptors (Lipinski definition) is 3. The first-order valence-corrected chi connectivity index (χ1v) is 7.28. The van der Waals surface area contributed by atoms with Gasteiger partial charge in [-0.2, -0.15) is 0 Å². The second-order valence-electron chi connectivity index (χ2n) is 5.08. The Hall–Kier alpha value is -0.900. The predicted octanol–water partition coefficient (Wildman–Crippen LogP) is 2.78. The lowest BCUT2D eigenvalue weighted by Gasteiger charge is -2.35. The SMILES string of the molecule is CCOC(c1ccccc1)C(NC)C1CCCOC1. The summed E-state index contributed by atoms with van der Waals surface area (Å²) in [7, 11) is 2.02. The first kappa shape index (κ1) is 14.5. The molecular formula is C16H25NO2. The number of hydrogen-bond donors (Lipinski definition) is 1. The summed E-state index contributed by atoms with van der Waals surface area (Å²) >= 11 is 0. The molecule has 2 rings (SSSR count). The van der Waals surface area contributed by atoms with Gasteiger partial charge in [-0.25, -0.2) is 0 Å². The van der Waals surface area contributed by atoms with Gasteiger partial charge in [-0.3, -0.25) is 0 Å². The Morgan fingerprint density at radius 2 is 2.16 bits per heavy atom. The highest BCUT2D eigenvalue weighted by molar-refractivity contribution is 5.19. The van der Waals surface area contributed by atoms with Crippen LogP contribution in [0.3, 0.4) is 0 Å². The molecule has 3 unspecified atom stereocenters. The third-order valence-electron chi connectivity index (χ3n) is 3.84. The van der Waals surface area contributed by atoms with Crippen molar-refractivity contribution in [1.29, 1.82) is 0 Å². The molecule has 0 bridgehead atoms. The fourth-order valence-electron chi connectivity index (χ4n) is 2.91. The van der Waals surface area contributed by atoms with Crippen molar-refractivity contribution in [2.75, 3.05) is 26.9 Å². The molecule has 3 nitrogen and oxygen atoms in total. The summed E-state index contributed by atoms with van der Waals surface area (Å²) < 4.78 is 11.6. The van der Waals surface area contributed by atoms with Gasteiger partial charge >= 0.3 is 0 Å². The molecule has 3 atom stereocenters. The maximum Gasteiger partial charge on any atom is 0.0981 e. The normalized spacial score (nSPS) is 22.9. The minimum atomic E-state index is 0.0999. The topological polar surface area (TPSA) is 30.5 Å². The molecule has 0 saturated carbocycles. The molecule has 1 aromatic carbocycles. The molecule has 0 radical (unpaired) electrons. The van der Waals surface area contributed by atoms with Crippen LogP contribution in [-0.4, -0.2) is 32.9 Å². The smallest absolute Gasteiger partial charge is 0.0981 e. The summed E-state index contributed by atoms with van der Waals surface area (Å²) in [6.45, 7) is 4.52. The van der Waals surface area contributed by atoms with E-state index in [9.17, 15) is 0 Å². The van der Waals surface area contributed by atoms with Gasteiger partial charge in [0.1, 0.15) is 0 Å². The van der Waals surface area contributed by atoms with Crippen LogP contribution < -0.4 is 5.32 Å². The van der Waals surface area contributed by atoms with Crippen molar-refractivity contribution in [2.45, 2.75) is 31.9 Å². The van der Waals surface area contributed by atoms with Crippen molar-refractivity contribution >= 4 is 0 Å². The second kappa shape index (κ2) is 7.63. The molecule has 1 heterocycles. The van der Waals surface area contributed by atoms with Gasteiger partial charge < -0.3 is 14.8 Å². The van der Waals surface area contributed by atoms with E-state index in [1.807, 2.05) is 13.1 Å². The van der Waals surface area contributed by atoms with Crippen molar-refractivity contribution in [3.63, 3.8) is 0 Å². The summed E-state index contributed by atoms with van der Waals surface area (Å²) in [6.07, 6.45) is 2.46. The maximum absolute atomic E-state index is 6.02. The summed E-state index contributed by atoms with van der Waals surface area (Å²) in [4.78, 5) is 0. The van der Waals surface area contributed by atoms with Crippen molar-refractivity contribution in [3.8, 4) is 0 Å². The van der Waals surface area contributed by atoms with Crippen molar-refractivity contribution in [2.24, 2.45) is 5.92 Å². The molecule has 106 valence electrons. The van der Waals surface area contributed by atoms with E-state index in [0.29, 0.717) is 12.0 Å². The zero-order chi connectivity index (χ0) is 13.5. The molecule has 0 aromatic heterocycles. The van der Waals surface area contributed by atoms with Crippen molar-refractivity contribution in [3.05, 3.63) is 35.9 Å². The van der Waals surface area contributed by atoms with E-state index in [0.717, 1.165) is 26.2 Å². The van der Waals surface area contributed by atoms with Crippen LogP contribution in [0.2, 0.25) is 0 Å². The summed E-state index contributed by atoms with van der Waals surface area (Å²) in [5, 5.41) is 3.45. The number of likely N-dealkylation sites (N-methyl/N-ethyl adjacent to an activating group) is 1. The quantitative estimate of drug-likeness (QED) is 0.856. The van der Waals surface area contributed by atoms with Crippen molar-refractivity contribution in [1.82, 2.24) is 5.32 Å². The number of nitrogens with one attached hydrogen (secondary N) is 1. The fourth-order valence-corrected chi connectivity index (χ4v) is 2.91. The predicted molar refractivity (Wildman–Crippen MR) is 77.2 cm³/mol. The first-order chi connectivity index (χ1) is 9.36. The van der Waals surface area contributed by atoms with Crippen LogP contribution in [-0.2, 0) is 9.47 Å². The zero-order valence-electron chi connectivity index (χ0n) is 12.0. The lowest BCUT2D eigenvalue weighted by molar-refractivity contribution is -0.0223. The highest BCUT2D eigenvalue weighted by Gasteiger charge is 2.31. The third-order valence-corrected chi connectivity index (χ3v) is 3.84. The Kier molecular flexibility index (Phi) is 5.83. The number of ether oxygens (including phenoxy) is 2. The average molecular weight is 263 g/mol. The third kappa shape index (κ3) is 3.78. The minimum absolute atomic E-state index is 0.0999. The van der Waals surface area contributed by atoms with Gasteiger partial charge in [0.2, 0.25) is 0 Å². The first-order valence-electron chi connectivity index (χ1n) is 7.28. The Balaban J connectivity index is 2.15. The maximum atomic E-state index is 6.02.